The molecule has 38 heavy (non-hydrogen) atoms. The van der Waals surface area contributed by atoms with Crippen LogP contribution in [0.2, 0.25) is 10.0 Å². The zero-order chi connectivity index (χ0) is 26.5. The second-order valence-electron chi connectivity index (χ2n) is 9.39. The van der Waals surface area contributed by atoms with Crippen molar-refractivity contribution in [3.05, 3.63) is 141 Å². The topological polar surface area (TPSA) is 66.7 Å². The average molecular weight is 546 g/mol. The predicted octanol–water partition coefficient (Wildman–Crippen LogP) is 6.37. The van der Waals surface area contributed by atoms with Crippen molar-refractivity contribution in [3.8, 4) is 0 Å². The molecular weight excluding hydrogens is 521 g/mol. The smallest absolute Gasteiger partial charge is 0.331 e. The van der Waals surface area contributed by atoms with E-state index in [0.717, 1.165) is 22.3 Å². The normalized spacial score (nSPS) is 27.5. The molecule has 7 heteroatoms. The van der Waals surface area contributed by atoms with E-state index in [1.54, 1.807) is 25.3 Å². The van der Waals surface area contributed by atoms with Crippen LogP contribution in [0.15, 0.2) is 103 Å². The van der Waals surface area contributed by atoms with Crippen LogP contribution in [0.3, 0.4) is 0 Å². The molecule has 1 fully saturated rings. The number of hydrogen-bond acceptors (Lipinski definition) is 5. The summed E-state index contributed by atoms with van der Waals surface area (Å²) in [5.41, 5.74) is 0.928. The number of ether oxygens (including phenoxy) is 3. The minimum atomic E-state index is -1.41. The first-order valence-electron chi connectivity index (χ1n) is 12.2. The van der Waals surface area contributed by atoms with Crippen LogP contribution in [-0.4, -0.2) is 25.7 Å². The number of benzene rings is 4. The van der Waals surface area contributed by atoms with Gasteiger partial charge in [-0.2, -0.15) is 0 Å². The van der Waals surface area contributed by atoms with Gasteiger partial charge in [0.15, 0.2) is 11.1 Å². The highest BCUT2D eigenvalue weighted by atomic mass is 35.5. The SMILES string of the molecule is COC(=O)[C@@]1([C@@]2(c3ccccc3)O[C@](OC)(c3ccccc3)c3ccccc32)N[C@H]1c1c(Cl)cccc1Cl. The highest BCUT2D eigenvalue weighted by Crippen LogP contribution is 2.66. The Hall–Kier alpha value is -3.19. The number of rotatable bonds is 6. The lowest BCUT2D eigenvalue weighted by atomic mass is 9.72. The van der Waals surface area contributed by atoms with Crippen molar-refractivity contribution in [2.75, 3.05) is 14.2 Å². The Morgan fingerprint density at radius 2 is 1.32 bits per heavy atom. The van der Waals surface area contributed by atoms with Gasteiger partial charge < -0.3 is 14.2 Å². The zero-order valence-corrected chi connectivity index (χ0v) is 22.3. The molecule has 0 aliphatic carbocycles. The summed E-state index contributed by atoms with van der Waals surface area (Å²) in [5.74, 6) is -1.81. The Morgan fingerprint density at radius 3 is 1.89 bits per heavy atom. The molecule has 0 spiro atoms. The standard InChI is InChI=1S/C31H25Cl2NO4/c1-36-28(35)29(27(34-29)26-24(32)18-11-19-25(26)33)30(20-12-5-3-6-13-20)22-16-9-10-17-23(22)31(37-2,38-30)21-14-7-4-8-15-21/h3-19,27,34H,1-2H3/t27-,29-,30-,31+/m0/s1. The Labute approximate surface area is 231 Å². The minimum absolute atomic E-state index is 0.441. The Morgan fingerprint density at radius 1 is 0.763 bits per heavy atom. The van der Waals surface area contributed by atoms with Crippen molar-refractivity contribution in [3.63, 3.8) is 0 Å². The van der Waals surface area contributed by atoms with Crippen molar-refractivity contribution < 1.29 is 19.0 Å². The molecule has 0 saturated carbocycles. The van der Waals surface area contributed by atoms with Gasteiger partial charge in [0.25, 0.3) is 0 Å². The van der Waals surface area contributed by atoms with Gasteiger partial charge >= 0.3 is 5.97 Å². The quantitative estimate of drug-likeness (QED) is 0.225. The van der Waals surface area contributed by atoms with E-state index in [2.05, 4.69) is 5.32 Å². The number of carbonyl (C=O) groups is 1. The van der Waals surface area contributed by atoms with E-state index in [-0.39, 0.29) is 0 Å². The van der Waals surface area contributed by atoms with Crippen LogP contribution in [-0.2, 0) is 30.4 Å². The summed E-state index contributed by atoms with van der Waals surface area (Å²) in [6.45, 7) is 0. The van der Waals surface area contributed by atoms with Crippen LogP contribution in [0.25, 0.3) is 0 Å². The lowest BCUT2D eigenvalue weighted by Gasteiger charge is -2.40. The molecule has 4 aromatic carbocycles. The van der Waals surface area contributed by atoms with Crippen molar-refractivity contribution in [1.82, 2.24) is 5.32 Å². The fourth-order valence-electron chi connectivity index (χ4n) is 6.00. The van der Waals surface area contributed by atoms with Crippen LogP contribution < -0.4 is 5.32 Å². The third-order valence-corrected chi connectivity index (χ3v) is 8.31. The number of halogens is 2. The number of nitrogens with one attached hydrogen (secondary N) is 1. The van der Waals surface area contributed by atoms with E-state index in [1.165, 1.54) is 7.11 Å². The lowest BCUT2D eigenvalue weighted by Crippen LogP contribution is -2.53. The second kappa shape index (κ2) is 9.23. The minimum Gasteiger partial charge on any atom is -0.467 e. The summed E-state index contributed by atoms with van der Waals surface area (Å²) in [6, 6.07) is 31.9. The van der Waals surface area contributed by atoms with E-state index in [4.69, 9.17) is 37.4 Å². The van der Waals surface area contributed by atoms with E-state index in [1.807, 2.05) is 84.9 Å². The van der Waals surface area contributed by atoms with Crippen LogP contribution >= 0.6 is 23.2 Å². The molecule has 0 amide bonds. The van der Waals surface area contributed by atoms with Crippen LogP contribution in [0.4, 0.5) is 0 Å². The molecular formula is C31H25Cl2NO4. The maximum atomic E-state index is 14.0. The monoisotopic (exact) mass is 545 g/mol. The van der Waals surface area contributed by atoms with Crippen molar-refractivity contribution in [2.24, 2.45) is 0 Å². The Kier molecular flexibility index (Phi) is 6.10. The molecule has 2 heterocycles. The van der Waals surface area contributed by atoms with Crippen LogP contribution in [0.1, 0.15) is 33.9 Å². The van der Waals surface area contributed by atoms with Gasteiger partial charge in [-0.25, -0.2) is 4.79 Å². The molecule has 5 nitrogen and oxygen atoms in total. The molecule has 0 radical (unpaired) electrons. The van der Waals surface area contributed by atoms with Gasteiger partial charge in [-0.15, -0.1) is 0 Å². The van der Waals surface area contributed by atoms with Gasteiger partial charge in [-0.3, -0.25) is 5.32 Å². The maximum Gasteiger partial charge on any atom is 0.331 e. The largest absolute Gasteiger partial charge is 0.467 e. The Balaban J connectivity index is 1.70. The third kappa shape index (κ3) is 3.27. The van der Waals surface area contributed by atoms with Gasteiger partial charge in [-0.1, -0.05) is 114 Å². The highest BCUT2D eigenvalue weighted by Gasteiger charge is 2.79. The molecule has 2 aliphatic heterocycles. The molecule has 0 unspecified atom stereocenters. The molecule has 1 saturated heterocycles. The molecule has 2 aliphatic rings. The maximum absolute atomic E-state index is 14.0. The fraction of sp³-hybridized carbons (Fsp3) is 0.194. The highest BCUT2D eigenvalue weighted by molar-refractivity contribution is 6.36. The summed E-state index contributed by atoms with van der Waals surface area (Å²) in [4.78, 5) is 14.0. The molecule has 4 atom stereocenters. The van der Waals surface area contributed by atoms with E-state index >= 15 is 0 Å². The predicted molar refractivity (Wildman–Crippen MR) is 146 cm³/mol. The number of esters is 1. The summed E-state index contributed by atoms with van der Waals surface area (Å²) in [5, 5.41) is 4.32. The van der Waals surface area contributed by atoms with Gasteiger partial charge in [0.1, 0.15) is 0 Å². The average Bonchev–Trinajstić information content (AvgIpc) is 3.63. The van der Waals surface area contributed by atoms with Gasteiger partial charge in [-0.05, 0) is 23.3 Å². The van der Waals surface area contributed by atoms with Gasteiger partial charge in [0.05, 0.1) is 13.2 Å². The number of carbonyl (C=O) groups excluding carboxylic acids is 1. The summed E-state index contributed by atoms with van der Waals surface area (Å²) in [7, 11) is 2.98. The van der Waals surface area contributed by atoms with Gasteiger partial charge in [0, 0.05) is 33.8 Å². The molecule has 4 aromatic rings. The lowest BCUT2D eigenvalue weighted by molar-refractivity contribution is -0.247. The summed E-state index contributed by atoms with van der Waals surface area (Å²) >= 11 is 13.4. The third-order valence-electron chi connectivity index (χ3n) is 7.65. The van der Waals surface area contributed by atoms with Crippen molar-refractivity contribution in [1.29, 1.82) is 0 Å². The fourth-order valence-corrected chi connectivity index (χ4v) is 6.62. The first-order valence-corrected chi connectivity index (χ1v) is 13.0. The summed E-state index contributed by atoms with van der Waals surface area (Å²) in [6.07, 6.45) is 0. The Bertz CT molecular complexity index is 1490. The second-order valence-corrected chi connectivity index (χ2v) is 10.2. The first kappa shape index (κ1) is 25.1. The van der Waals surface area contributed by atoms with Crippen molar-refractivity contribution >= 4 is 29.2 Å². The molecule has 0 bridgehead atoms. The zero-order valence-electron chi connectivity index (χ0n) is 20.8. The first-order chi connectivity index (χ1) is 18.5. The molecule has 192 valence electrons. The van der Waals surface area contributed by atoms with Crippen molar-refractivity contribution in [2.45, 2.75) is 23.0 Å². The molecule has 6 rings (SSSR count). The van der Waals surface area contributed by atoms with Gasteiger partial charge in [0.2, 0.25) is 5.79 Å². The summed E-state index contributed by atoms with van der Waals surface area (Å²) < 4.78 is 19.0. The van der Waals surface area contributed by atoms with Crippen LogP contribution in [0, 0.1) is 0 Å². The van der Waals surface area contributed by atoms with E-state index < -0.39 is 28.9 Å². The van der Waals surface area contributed by atoms with Crippen LogP contribution in [0.5, 0.6) is 0 Å². The van der Waals surface area contributed by atoms with E-state index in [9.17, 15) is 4.79 Å². The number of methoxy groups -OCH3 is 2. The number of fused-ring (bicyclic) bond motifs is 1. The molecule has 1 N–H and O–H groups in total. The number of hydrogen-bond donors (Lipinski definition) is 1. The molecule has 0 aromatic heterocycles. The van der Waals surface area contributed by atoms with E-state index in [0.29, 0.717) is 15.6 Å².